The van der Waals surface area contributed by atoms with Gasteiger partial charge in [0.1, 0.15) is 0 Å². The van der Waals surface area contributed by atoms with Crippen LogP contribution in [0.1, 0.15) is 19.8 Å². The number of ether oxygens (including phenoxy) is 1. The highest BCUT2D eigenvalue weighted by Crippen LogP contribution is 2.13. The number of carbonyl (C=O) groups is 1. The number of terminal acetylenes is 1. The molecule has 4 nitrogen and oxygen atoms in total. The maximum Gasteiger partial charge on any atom is 0.236 e. The normalized spacial score (nSPS) is 19.4. The van der Waals surface area contributed by atoms with Crippen LogP contribution in [0.3, 0.4) is 0 Å². The molecule has 1 saturated heterocycles. The molecular formula is C12H20N2O2. The van der Waals surface area contributed by atoms with E-state index < -0.39 is 0 Å². The minimum Gasteiger partial charge on any atom is -0.376 e. The summed E-state index contributed by atoms with van der Waals surface area (Å²) in [6, 6.07) is 0. The summed E-state index contributed by atoms with van der Waals surface area (Å²) in [6.45, 7) is 4.97. The fourth-order valence-corrected chi connectivity index (χ4v) is 1.79. The van der Waals surface area contributed by atoms with Crippen LogP contribution in [0.15, 0.2) is 0 Å². The Bertz CT molecular complexity index is 254. The molecule has 0 radical (unpaired) electrons. The number of hydrogen-bond acceptors (Lipinski definition) is 3. The fourth-order valence-electron chi connectivity index (χ4n) is 1.79. The Hall–Kier alpha value is -1.05. The molecule has 0 aromatic carbocycles. The predicted molar refractivity (Wildman–Crippen MR) is 62.9 cm³/mol. The molecule has 0 bridgehead atoms. The third-order valence-corrected chi connectivity index (χ3v) is 2.69. The highest BCUT2D eigenvalue weighted by Gasteiger charge is 2.20. The summed E-state index contributed by atoms with van der Waals surface area (Å²) in [5.74, 6) is 2.54. The number of rotatable bonds is 6. The van der Waals surface area contributed by atoms with Crippen molar-refractivity contribution in [1.29, 1.82) is 0 Å². The molecule has 1 heterocycles. The average Bonchev–Trinajstić information content (AvgIpc) is 2.78. The number of hydrogen-bond donors (Lipinski definition) is 1. The fraction of sp³-hybridized carbons (Fsp3) is 0.750. The Labute approximate surface area is 97.3 Å². The minimum absolute atomic E-state index is 0.0910. The molecule has 0 spiro atoms. The van der Waals surface area contributed by atoms with Crippen molar-refractivity contribution in [2.75, 3.05) is 32.8 Å². The van der Waals surface area contributed by atoms with E-state index in [1.807, 2.05) is 11.8 Å². The maximum atomic E-state index is 11.8. The number of nitrogens with zero attached hydrogens (tertiary/aromatic N) is 1. The first kappa shape index (κ1) is 13.0. The molecule has 1 atom stereocenters. The second-order valence-corrected chi connectivity index (χ2v) is 3.88. The van der Waals surface area contributed by atoms with Crippen LogP contribution in [0.5, 0.6) is 0 Å². The topological polar surface area (TPSA) is 41.6 Å². The molecule has 16 heavy (non-hydrogen) atoms. The van der Waals surface area contributed by atoms with Gasteiger partial charge < -0.3 is 9.64 Å². The summed E-state index contributed by atoms with van der Waals surface area (Å²) in [6.07, 6.45) is 7.48. The zero-order valence-corrected chi connectivity index (χ0v) is 9.87. The summed E-state index contributed by atoms with van der Waals surface area (Å²) in [5, 5.41) is 2.91. The van der Waals surface area contributed by atoms with Gasteiger partial charge in [-0.15, -0.1) is 6.42 Å². The van der Waals surface area contributed by atoms with Crippen molar-refractivity contribution in [3.8, 4) is 12.3 Å². The third kappa shape index (κ3) is 4.21. The van der Waals surface area contributed by atoms with E-state index in [1.54, 1.807) is 0 Å². The van der Waals surface area contributed by atoms with Gasteiger partial charge in [-0.3, -0.25) is 10.1 Å². The van der Waals surface area contributed by atoms with Crippen molar-refractivity contribution in [2.45, 2.75) is 25.9 Å². The molecule has 1 fully saturated rings. The quantitative estimate of drug-likeness (QED) is 0.519. The monoisotopic (exact) mass is 224 g/mol. The van der Waals surface area contributed by atoms with Crippen LogP contribution in [0.2, 0.25) is 0 Å². The van der Waals surface area contributed by atoms with Gasteiger partial charge >= 0.3 is 0 Å². The first-order valence-electron chi connectivity index (χ1n) is 5.81. The molecule has 0 aliphatic carbocycles. The standard InChI is InChI=1S/C12H20N2O2/c1-3-7-13-9-12(15)14(4-2)10-11-6-5-8-16-11/h1,11,13H,4-10H2,2H3. The van der Waals surface area contributed by atoms with Crippen LogP contribution in [-0.4, -0.2) is 49.7 Å². The first-order chi connectivity index (χ1) is 7.77. The molecular weight excluding hydrogens is 204 g/mol. The molecule has 0 aromatic rings. The van der Waals surface area contributed by atoms with E-state index in [4.69, 9.17) is 11.2 Å². The summed E-state index contributed by atoms with van der Waals surface area (Å²) in [7, 11) is 0. The van der Waals surface area contributed by atoms with Gasteiger partial charge in [0.25, 0.3) is 0 Å². The number of likely N-dealkylation sites (N-methyl/N-ethyl adjacent to an activating group) is 1. The van der Waals surface area contributed by atoms with Crippen LogP contribution in [0, 0.1) is 12.3 Å². The number of amides is 1. The molecule has 0 saturated carbocycles. The van der Waals surface area contributed by atoms with E-state index in [0.29, 0.717) is 19.6 Å². The maximum absolute atomic E-state index is 11.8. The average molecular weight is 224 g/mol. The van der Waals surface area contributed by atoms with Crippen LogP contribution in [0.4, 0.5) is 0 Å². The summed E-state index contributed by atoms with van der Waals surface area (Å²) in [5.41, 5.74) is 0. The Kier molecular flexibility index (Phi) is 5.91. The highest BCUT2D eigenvalue weighted by molar-refractivity contribution is 5.78. The lowest BCUT2D eigenvalue weighted by Crippen LogP contribution is -2.42. The lowest BCUT2D eigenvalue weighted by Gasteiger charge is -2.24. The Balaban J connectivity index is 2.28. The lowest BCUT2D eigenvalue weighted by molar-refractivity contribution is -0.131. The Morgan fingerprint density at radius 1 is 1.69 bits per heavy atom. The summed E-state index contributed by atoms with van der Waals surface area (Å²) in [4.78, 5) is 13.6. The first-order valence-corrected chi connectivity index (χ1v) is 5.81. The zero-order valence-electron chi connectivity index (χ0n) is 9.87. The van der Waals surface area contributed by atoms with Crippen molar-refractivity contribution in [3.05, 3.63) is 0 Å². The van der Waals surface area contributed by atoms with E-state index in [1.165, 1.54) is 0 Å². The second-order valence-electron chi connectivity index (χ2n) is 3.88. The molecule has 90 valence electrons. The van der Waals surface area contributed by atoms with E-state index in [9.17, 15) is 4.79 Å². The molecule has 1 rings (SSSR count). The minimum atomic E-state index is 0.0910. The van der Waals surface area contributed by atoms with Crippen molar-refractivity contribution in [2.24, 2.45) is 0 Å². The molecule has 1 amide bonds. The van der Waals surface area contributed by atoms with Gasteiger partial charge in [-0.1, -0.05) is 5.92 Å². The smallest absolute Gasteiger partial charge is 0.236 e. The van der Waals surface area contributed by atoms with Gasteiger partial charge in [0.2, 0.25) is 5.91 Å². The van der Waals surface area contributed by atoms with Gasteiger partial charge in [-0.2, -0.15) is 0 Å². The molecule has 0 aromatic heterocycles. The predicted octanol–water partition coefficient (Wildman–Crippen LogP) is 0.237. The van der Waals surface area contributed by atoms with Crippen molar-refractivity contribution in [3.63, 3.8) is 0 Å². The van der Waals surface area contributed by atoms with Crippen LogP contribution in [-0.2, 0) is 9.53 Å². The van der Waals surface area contributed by atoms with Gasteiger partial charge in [-0.05, 0) is 19.8 Å². The second kappa shape index (κ2) is 7.26. The third-order valence-electron chi connectivity index (χ3n) is 2.69. The molecule has 1 aliphatic heterocycles. The number of carbonyl (C=O) groups excluding carboxylic acids is 1. The largest absolute Gasteiger partial charge is 0.376 e. The lowest BCUT2D eigenvalue weighted by atomic mass is 10.2. The van der Waals surface area contributed by atoms with Crippen LogP contribution < -0.4 is 5.32 Å². The van der Waals surface area contributed by atoms with Gasteiger partial charge in [0, 0.05) is 19.7 Å². The van der Waals surface area contributed by atoms with E-state index in [2.05, 4.69) is 11.2 Å². The SMILES string of the molecule is C#CCNCC(=O)N(CC)CC1CCCO1. The van der Waals surface area contributed by atoms with Crippen molar-refractivity contribution < 1.29 is 9.53 Å². The van der Waals surface area contributed by atoms with E-state index in [-0.39, 0.29) is 12.0 Å². The molecule has 1 N–H and O–H groups in total. The van der Waals surface area contributed by atoms with Crippen molar-refractivity contribution >= 4 is 5.91 Å². The van der Waals surface area contributed by atoms with Gasteiger partial charge in [0.15, 0.2) is 0 Å². The summed E-state index contributed by atoms with van der Waals surface area (Å²) < 4.78 is 5.51. The highest BCUT2D eigenvalue weighted by atomic mass is 16.5. The Morgan fingerprint density at radius 3 is 3.06 bits per heavy atom. The van der Waals surface area contributed by atoms with Crippen LogP contribution in [0.25, 0.3) is 0 Å². The van der Waals surface area contributed by atoms with E-state index >= 15 is 0 Å². The van der Waals surface area contributed by atoms with Gasteiger partial charge in [-0.25, -0.2) is 0 Å². The van der Waals surface area contributed by atoms with E-state index in [0.717, 1.165) is 26.0 Å². The zero-order chi connectivity index (χ0) is 11.8. The van der Waals surface area contributed by atoms with Crippen LogP contribution >= 0.6 is 0 Å². The van der Waals surface area contributed by atoms with Crippen molar-refractivity contribution in [1.82, 2.24) is 10.2 Å². The number of nitrogens with one attached hydrogen (secondary N) is 1. The molecule has 1 unspecified atom stereocenters. The van der Waals surface area contributed by atoms with Gasteiger partial charge in [0.05, 0.1) is 19.2 Å². The summed E-state index contributed by atoms with van der Waals surface area (Å²) >= 11 is 0. The molecule has 1 aliphatic rings. The Morgan fingerprint density at radius 2 is 2.50 bits per heavy atom. The molecule has 4 heteroatoms.